The summed E-state index contributed by atoms with van der Waals surface area (Å²) in [5.74, 6) is 5.38. The molecule has 4 heteroatoms. The molecular formula is C16H21FN2O. The highest BCUT2D eigenvalue weighted by molar-refractivity contribution is 5.38. The summed E-state index contributed by atoms with van der Waals surface area (Å²) in [6.07, 6.45) is 0.424. The van der Waals surface area contributed by atoms with Crippen molar-refractivity contribution in [3.05, 3.63) is 35.1 Å². The third kappa shape index (κ3) is 4.31. The number of nitrogens with two attached hydrogens (primary N) is 1. The number of ether oxygens (including phenoxy) is 1. The number of halogens is 1. The highest BCUT2D eigenvalue weighted by Gasteiger charge is 2.22. The van der Waals surface area contributed by atoms with Gasteiger partial charge in [0.2, 0.25) is 0 Å². The average Bonchev–Trinajstić information content (AvgIpc) is 2.34. The highest BCUT2D eigenvalue weighted by Crippen LogP contribution is 2.16. The first-order chi connectivity index (χ1) is 9.56. The van der Waals surface area contributed by atoms with Gasteiger partial charge in [-0.15, -0.1) is 0 Å². The average molecular weight is 276 g/mol. The van der Waals surface area contributed by atoms with E-state index in [1.165, 1.54) is 6.07 Å². The first-order valence-corrected chi connectivity index (χ1v) is 6.93. The van der Waals surface area contributed by atoms with Crippen LogP contribution in [0.4, 0.5) is 4.39 Å². The molecule has 2 rings (SSSR count). The Labute approximate surface area is 119 Å². The zero-order valence-electron chi connectivity index (χ0n) is 12.0. The van der Waals surface area contributed by atoms with Gasteiger partial charge in [0, 0.05) is 25.2 Å². The van der Waals surface area contributed by atoms with Crippen LogP contribution in [0.2, 0.25) is 0 Å². The highest BCUT2D eigenvalue weighted by atomic mass is 19.1. The lowest BCUT2D eigenvalue weighted by Crippen LogP contribution is -2.44. The molecule has 2 N–H and O–H groups in total. The summed E-state index contributed by atoms with van der Waals surface area (Å²) >= 11 is 0. The Morgan fingerprint density at radius 2 is 2.00 bits per heavy atom. The van der Waals surface area contributed by atoms with Crippen molar-refractivity contribution >= 4 is 0 Å². The first-order valence-electron chi connectivity index (χ1n) is 6.93. The topological polar surface area (TPSA) is 38.5 Å². The zero-order chi connectivity index (χ0) is 14.5. The Balaban J connectivity index is 2.10. The lowest BCUT2D eigenvalue weighted by Gasteiger charge is -2.35. The molecule has 20 heavy (non-hydrogen) atoms. The summed E-state index contributed by atoms with van der Waals surface area (Å²) < 4.78 is 19.3. The Kier molecular flexibility index (Phi) is 5.13. The van der Waals surface area contributed by atoms with Crippen molar-refractivity contribution in [2.24, 2.45) is 5.73 Å². The summed E-state index contributed by atoms with van der Waals surface area (Å²) in [5, 5.41) is 0. The van der Waals surface area contributed by atoms with Crippen LogP contribution in [0.3, 0.4) is 0 Å². The van der Waals surface area contributed by atoms with E-state index in [2.05, 4.69) is 30.6 Å². The van der Waals surface area contributed by atoms with Crippen molar-refractivity contribution < 1.29 is 9.13 Å². The van der Waals surface area contributed by atoms with Gasteiger partial charge in [0.1, 0.15) is 5.82 Å². The maximum Gasteiger partial charge on any atom is 0.124 e. The van der Waals surface area contributed by atoms with E-state index >= 15 is 0 Å². The maximum atomic E-state index is 13.6. The molecule has 0 radical (unpaired) electrons. The van der Waals surface area contributed by atoms with Gasteiger partial charge < -0.3 is 10.5 Å². The van der Waals surface area contributed by atoms with Crippen LogP contribution in [0, 0.1) is 17.7 Å². The largest absolute Gasteiger partial charge is 0.373 e. The van der Waals surface area contributed by atoms with Gasteiger partial charge in [0.05, 0.1) is 18.8 Å². The van der Waals surface area contributed by atoms with E-state index < -0.39 is 0 Å². The molecule has 0 amide bonds. The molecule has 1 aromatic rings. The number of rotatable bonds is 2. The number of nitrogens with zero attached hydrogens (tertiary/aromatic N) is 1. The van der Waals surface area contributed by atoms with Gasteiger partial charge in [-0.2, -0.15) is 0 Å². The molecule has 1 fully saturated rings. The molecule has 0 aliphatic carbocycles. The third-order valence-corrected chi connectivity index (χ3v) is 3.19. The lowest BCUT2D eigenvalue weighted by atomic mass is 10.1. The number of hydrogen-bond acceptors (Lipinski definition) is 3. The summed E-state index contributed by atoms with van der Waals surface area (Å²) in [6, 6.07) is 4.94. The molecule has 3 nitrogen and oxygen atoms in total. The quantitative estimate of drug-likeness (QED) is 0.836. The molecule has 0 aromatic heterocycles. The van der Waals surface area contributed by atoms with Crippen LogP contribution in [-0.4, -0.2) is 36.7 Å². The van der Waals surface area contributed by atoms with E-state index in [-0.39, 0.29) is 24.6 Å². The van der Waals surface area contributed by atoms with Crippen molar-refractivity contribution in [1.29, 1.82) is 0 Å². The van der Waals surface area contributed by atoms with E-state index in [1.54, 1.807) is 6.07 Å². The van der Waals surface area contributed by atoms with Crippen molar-refractivity contribution in [2.45, 2.75) is 32.6 Å². The molecule has 1 saturated heterocycles. The minimum atomic E-state index is -0.252. The van der Waals surface area contributed by atoms with Gasteiger partial charge in [-0.05, 0) is 37.6 Å². The van der Waals surface area contributed by atoms with Gasteiger partial charge in [0.25, 0.3) is 0 Å². The Morgan fingerprint density at radius 1 is 1.30 bits per heavy atom. The number of hydrogen-bond donors (Lipinski definition) is 1. The van der Waals surface area contributed by atoms with Crippen molar-refractivity contribution in [3.63, 3.8) is 0 Å². The summed E-state index contributed by atoms with van der Waals surface area (Å²) in [4.78, 5) is 2.29. The van der Waals surface area contributed by atoms with Crippen LogP contribution in [0.1, 0.15) is 25.0 Å². The SMILES string of the molecule is CC1CN(Cc2cc(F)cc(C#CCN)c2)CC(C)O1. The minimum absolute atomic E-state index is 0.212. The standard InChI is InChI=1S/C16H21FN2O/c1-12-9-19(10-13(2)20-12)11-15-6-14(4-3-5-18)7-16(17)8-15/h6-8,12-13H,5,9-11,18H2,1-2H3. The molecule has 1 aromatic carbocycles. The lowest BCUT2D eigenvalue weighted by molar-refractivity contribution is -0.0705. The predicted molar refractivity (Wildman–Crippen MR) is 77.6 cm³/mol. The van der Waals surface area contributed by atoms with Crippen molar-refractivity contribution in [1.82, 2.24) is 4.90 Å². The van der Waals surface area contributed by atoms with Crippen molar-refractivity contribution in [3.8, 4) is 11.8 Å². The normalized spacial score (nSPS) is 23.2. The smallest absolute Gasteiger partial charge is 0.124 e. The second-order valence-electron chi connectivity index (χ2n) is 5.31. The minimum Gasteiger partial charge on any atom is -0.373 e. The number of benzene rings is 1. The Hall–Kier alpha value is -1.41. The van der Waals surface area contributed by atoms with Crippen LogP contribution >= 0.6 is 0 Å². The van der Waals surface area contributed by atoms with Gasteiger partial charge in [-0.1, -0.05) is 11.8 Å². The second-order valence-corrected chi connectivity index (χ2v) is 5.31. The molecule has 1 aliphatic heterocycles. The van der Waals surface area contributed by atoms with Crippen LogP contribution in [0.5, 0.6) is 0 Å². The predicted octanol–water partition coefficient (Wildman–Crippen LogP) is 1.75. The third-order valence-electron chi connectivity index (χ3n) is 3.19. The van der Waals surface area contributed by atoms with E-state index in [4.69, 9.17) is 10.5 Å². The Bertz CT molecular complexity index is 511. The fraction of sp³-hybridized carbons (Fsp3) is 0.500. The summed E-state index contributed by atoms with van der Waals surface area (Å²) in [7, 11) is 0. The van der Waals surface area contributed by atoms with E-state index in [0.717, 1.165) is 18.7 Å². The molecule has 0 saturated carbocycles. The fourth-order valence-electron chi connectivity index (χ4n) is 2.64. The van der Waals surface area contributed by atoms with Gasteiger partial charge in [-0.25, -0.2) is 4.39 Å². The van der Waals surface area contributed by atoms with E-state index in [1.807, 2.05) is 6.07 Å². The van der Waals surface area contributed by atoms with Crippen LogP contribution in [-0.2, 0) is 11.3 Å². The molecule has 2 unspecified atom stereocenters. The molecule has 1 aliphatic rings. The molecule has 108 valence electrons. The van der Waals surface area contributed by atoms with Gasteiger partial charge >= 0.3 is 0 Å². The number of morpholine rings is 1. The maximum absolute atomic E-state index is 13.6. The molecular weight excluding hydrogens is 255 g/mol. The zero-order valence-corrected chi connectivity index (χ0v) is 12.0. The first kappa shape index (κ1) is 15.0. The molecule has 1 heterocycles. The molecule has 0 spiro atoms. The molecule has 0 bridgehead atoms. The fourth-order valence-corrected chi connectivity index (χ4v) is 2.64. The monoisotopic (exact) mass is 276 g/mol. The van der Waals surface area contributed by atoms with Gasteiger partial charge in [0.15, 0.2) is 0 Å². The van der Waals surface area contributed by atoms with E-state index in [9.17, 15) is 4.39 Å². The Morgan fingerprint density at radius 3 is 2.65 bits per heavy atom. The van der Waals surface area contributed by atoms with Crippen LogP contribution < -0.4 is 5.73 Å². The van der Waals surface area contributed by atoms with Crippen LogP contribution in [0.25, 0.3) is 0 Å². The molecule has 2 atom stereocenters. The van der Waals surface area contributed by atoms with E-state index in [0.29, 0.717) is 12.1 Å². The summed E-state index contributed by atoms with van der Waals surface area (Å²) in [6.45, 7) is 6.85. The van der Waals surface area contributed by atoms with Gasteiger partial charge in [-0.3, -0.25) is 4.90 Å². The summed E-state index contributed by atoms with van der Waals surface area (Å²) in [5.41, 5.74) is 6.96. The van der Waals surface area contributed by atoms with Crippen molar-refractivity contribution in [2.75, 3.05) is 19.6 Å². The second kappa shape index (κ2) is 6.85. The van der Waals surface area contributed by atoms with Crippen LogP contribution in [0.15, 0.2) is 18.2 Å².